The summed E-state index contributed by atoms with van der Waals surface area (Å²) in [7, 11) is 0. The van der Waals surface area contributed by atoms with Crippen molar-refractivity contribution < 1.29 is 17.6 Å². The highest BCUT2D eigenvalue weighted by Gasteiger charge is 2.50. The largest absolute Gasteiger partial charge is 0.244 e. The molecule has 3 fully saturated rings. The zero-order valence-corrected chi connectivity index (χ0v) is 16.5. The molecular formula is C19H29F4I. The van der Waals surface area contributed by atoms with E-state index in [9.17, 15) is 17.6 Å². The van der Waals surface area contributed by atoms with Crippen molar-refractivity contribution in [2.24, 2.45) is 29.6 Å². The van der Waals surface area contributed by atoms with Crippen LogP contribution in [0.15, 0.2) is 0 Å². The summed E-state index contributed by atoms with van der Waals surface area (Å²) in [5.41, 5.74) is 0. The average Bonchev–Trinajstić information content (AvgIpc) is 2.57. The Morgan fingerprint density at radius 2 is 1.04 bits per heavy atom. The van der Waals surface area contributed by atoms with Crippen LogP contribution in [0.1, 0.15) is 58.3 Å². The molecule has 0 aliphatic heterocycles. The maximum atomic E-state index is 14.8. The molecule has 8 unspecified atom stereocenters. The van der Waals surface area contributed by atoms with E-state index in [1.807, 2.05) is 0 Å². The van der Waals surface area contributed by atoms with Crippen molar-refractivity contribution in [2.45, 2.75) is 86.9 Å². The summed E-state index contributed by atoms with van der Waals surface area (Å²) >= 11 is 2.44. The predicted octanol–water partition coefficient (Wildman–Crippen LogP) is 6.40. The third-order valence-corrected chi connectivity index (χ3v) is 8.27. The van der Waals surface area contributed by atoms with Crippen LogP contribution >= 0.6 is 22.6 Å². The molecule has 0 bridgehead atoms. The molecule has 0 amide bonds. The summed E-state index contributed by atoms with van der Waals surface area (Å²) in [4.78, 5) is 0. The third-order valence-electron chi connectivity index (χ3n) is 7.02. The van der Waals surface area contributed by atoms with E-state index >= 15 is 0 Å². The first-order valence-corrected chi connectivity index (χ1v) is 10.8. The number of hydrogen-bond donors (Lipinski definition) is 0. The van der Waals surface area contributed by atoms with Gasteiger partial charge in [0.2, 0.25) is 0 Å². The van der Waals surface area contributed by atoms with Crippen LogP contribution in [0.4, 0.5) is 17.6 Å². The van der Waals surface area contributed by atoms with Crippen molar-refractivity contribution in [1.82, 2.24) is 0 Å². The maximum absolute atomic E-state index is 14.8. The van der Waals surface area contributed by atoms with Gasteiger partial charge in [0.05, 0.1) is 0 Å². The fourth-order valence-electron chi connectivity index (χ4n) is 5.40. The highest BCUT2D eigenvalue weighted by molar-refractivity contribution is 14.1. The van der Waals surface area contributed by atoms with E-state index in [1.165, 1.54) is 0 Å². The lowest BCUT2D eigenvalue weighted by atomic mass is 9.63. The van der Waals surface area contributed by atoms with Gasteiger partial charge in [-0.3, -0.25) is 0 Å². The zero-order valence-electron chi connectivity index (χ0n) is 14.3. The molecular weight excluding hydrogens is 431 g/mol. The fourth-order valence-corrected chi connectivity index (χ4v) is 6.12. The molecule has 3 aliphatic rings. The van der Waals surface area contributed by atoms with Crippen LogP contribution in [0.2, 0.25) is 0 Å². The summed E-state index contributed by atoms with van der Waals surface area (Å²) in [6, 6.07) is 0. The van der Waals surface area contributed by atoms with Gasteiger partial charge >= 0.3 is 0 Å². The second kappa shape index (κ2) is 7.99. The van der Waals surface area contributed by atoms with Crippen LogP contribution in [0.3, 0.4) is 0 Å². The lowest BCUT2D eigenvalue weighted by Gasteiger charge is -2.45. The Balaban J connectivity index is 1.63. The first kappa shape index (κ1) is 19.2. The molecule has 0 radical (unpaired) electrons. The Hall–Kier alpha value is 0.450. The van der Waals surface area contributed by atoms with Gasteiger partial charge in [0.25, 0.3) is 0 Å². The summed E-state index contributed by atoms with van der Waals surface area (Å²) in [5, 5.41) is 0. The molecule has 3 saturated carbocycles. The van der Waals surface area contributed by atoms with Crippen molar-refractivity contribution in [3.05, 3.63) is 0 Å². The molecule has 0 saturated heterocycles. The van der Waals surface area contributed by atoms with E-state index in [-0.39, 0.29) is 17.8 Å². The minimum Gasteiger partial charge on any atom is -0.244 e. The standard InChI is InChI=1S/C19H29F4I/c1-10-2-7-14(18(22)16(10)20)15-9-8-13(17(21)19(15)23)11-3-5-12(24)6-4-11/h10-19H,2-9H2,1H3. The van der Waals surface area contributed by atoms with Crippen molar-refractivity contribution in [1.29, 1.82) is 0 Å². The molecule has 24 heavy (non-hydrogen) atoms. The summed E-state index contributed by atoms with van der Waals surface area (Å²) in [6.45, 7) is 1.71. The molecule has 0 aromatic carbocycles. The SMILES string of the molecule is CC1CCC(C2CCC(C3CCC(I)CC3)C(F)C2F)C(F)C1F. The predicted molar refractivity (Wildman–Crippen MR) is 97.5 cm³/mol. The van der Waals surface area contributed by atoms with Gasteiger partial charge in [-0.05, 0) is 81.0 Å². The van der Waals surface area contributed by atoms with Crippen LogP contribution in [0.5, 0.6) is 0 Å². The smallest absolute Gasteiger partial charge is 0.135 e. The van der Waals surface area contributed by atoms with E-state index in [1.54, 1.807) is 6.92 Å². The average molecular weight is 460 g/mol. The first-order valence-electron chi connectivity index (χ1n) is 9.60. The monoisotopic (exact) mass is 460 g/mol. The number of alkyl halides is 5. The quantitative estimate of drug-likeness (QED) is 0.254. The fraction of sp³-hybridized carbons (Fsp3) is 1.00. The van der Waals surface area contributed by atoms with Crippen LogP contribution < -0.4 is 0 Å². The molecule has 0 heterocycles. The van der Waals surface area contributed by atoms with Crippen LogP contribution in [0, 0.1) is 29.6 Å². The second-order valence-corrected chi connectivity index (χ2v) is 10.2. The lowest BCUT2D eigenvalue weighted by Crippen LogP contribution is -2.49. The first-order chi connectivity index (χ1) is 11.4. The zero-order chi connectivity index (χ0) is 17.4. The van der Waals surface area contributed by atoms with Gasteiger partial charge in [-0.2, -0.15) is 0 Å². The van der Waals surface area contributed by atoms with Gasteiger partial charge in [0, 0.05) is 3.92 Å². The van der Waals surface area contributed by atoms with E-state index in [2.05, 4.69) is 22.6 Å². The molecule has 5 heteroatoms. The molecule has 3 rings (SSSR count). The van der Waals surface area contributed by atoms with Gasteiger partial charge in [0.1, 0.15) is 24.7 Å². The van der Waals surface area contributed by atoms with E-state index < -0.39 is 36.5 Å². The van der Waals surface area contributed by atoms with Crippen molar-refractivity contribution in [3.63, 3.8) is 0 Å². The van der Waals surface area contributed by atoms with Crippen molar-refractivity contribution in [3.8, 4) is 0 Å². The molecule has 140 valence electrons. The molecule has 0 aromatic heterocycles. The highest BCUT2D eigenvalue weighted by Crippen LogP contribution is 2.49. The highest BCUT2D eigenvalue weighted by atomic mass is 127. The Morgan fingerprint density at radius 1 is 0.583 bits per heavy atom. The maximum Gasteiger partial charge on any atom is 0.135 e. The van der Waals surface area contributed by atoms with Gasteiger partial charge < -0.3 is 0 Å². The third kappa shape index (κ3) is 3.75. The molecule has 8 atom stereocenters. The van der Waals surface area contributed by atoms with Gasteiger partial charge in [-0.15, -0.1) is 0 Å². The van der Waals surface area contributed by atoms with Crippen LogP contribution in [0.25, 0.3) is 0 Å². The normalized spacial score (nSPS) is 53.8. The van der Waals surface area contributed by atoms with Gasteiger partial charge in [-0.1, -0.05) is 29.5 Å². The Labute approximate surface area is 156 Å². The molecule has 0 nitrogen and oxygen atoms in total. The van der Waals surface area contributed by atoms with E-state index in [0.717, 1.165) is 25.7 Å². The number of hydrogen-bond acceptors (Lipinski definition) is 0. The van der Waals surface area contributed by atoms with Crippen molar-refractivity contribution >= 4 is 22.6 Å². The molecule has 0 N–H and O–H groups in total. The Morgan fingerprint density at radius 3 is 1.67 bits per heavy atom. The minimum atomic E-state index is -1.63. The minimum absolute atomic E-state index is 0.220. The summed E-state index contributed by atoms with van der Waals surface area (Å²) in [5.74, 6) is -1.54. The van der Waals surface area contributed by atoms with Crippen molar-refractivity contribution in [2.75, 3.05) is 0 Å². The molecule has 0 spiro atoms. The van der Waals surface area contributed by atoms with Gasteiger partial charge in [0.15, 0.2) is 0 Å². The Bertz CT molecular complexity index is 412. The Kier molecular flexibility index (Phi) is 6.40. The topological polar surface area (TPSA) is 0 Å². The second-order valence-electron chi connectivity index (χ2n) is 8.41. The van der Waals surface area contributed by atoms with Gasteiger partial charge in [-0.25, -0.2) is 17.6 Å². The molecule has 0 aromatic rings. The summed E-state index contributed by atoms with van der Waals surface area (Å²) < 4.78 is 58.8. The van der Waals surface area contributed by atoms with Crippen LogP contribution in [-0.2, 0) is 0 Å². The summed E-state index contributed by atoms with van der Waals surface area (Å²) in [6.07, 6.45) is 0.0958. The lowest BCUT2D eigenvalue weighted by molar-refractivity contribution is -0.0697. The molecule has 3 aliphatic carbocycles. The van der Waals surface area contributed by atoms with E-state index in [0.29, 0.717) is 29.6 Å². The number of halogens is 5. The number of rotatable bonds is 2. The van der Waals surface area contributed by atoms with E-state index in [4.69, 9.17) is 0 Å². The van der Waals surface area contributed by atoms with Crippen LogP contribution in [-0.4, -0.2) is 28.6 Å².